The third-order valence-corrected chi connectivity index (χ3v) is 2.43. The molecule has 0 amide bonds. The van der Waals surface area contributed by atoms with Gasteiger partial charge in [-0.2, -0.15) is 13.2 Å². The van der Waals surface area contributed by atoms with E-state index in [0.717, 1.165) is 23.1 Å². The molecule has 0 saturated heterocycles. The Morgan fingerprint density at radius 3 is 2.20 bits per heavy atom. The van der Waals surface area contributed by atoms with E-state index in [1.807, 2.05) is 0 Å². The second kappa shape index (κ2) is 4.83. The summed E-state index contributed by atoms with van der Waals surface area (Å²) in [5, 5.41) is 0.414. The van der Waals surface area contributed by atoms with Gasteiger partial charge in [-0.1, -0.05) is 11.8 Å². The maximum atomic E-state index is 11.9. The van der Waals surface area contributed by atoms with Crippen LogP contribution >= 0.6 is 11.8 Å². The molecule has 1 heterocycles. The lowest BCUT2D eigenvalue weighted by Crippen LogP contribution is -2.08. The number of aromatic nitrogens is 2. The van der Waals surface area contributed by atoms with Gasteiger partial charge >= 0.3 is 6.18 Å². The Morgan fingerprint density at radius 1 is 1.20 bits per heavy atom. The first-order valence-corrected chi connectivity index (χ1v) is 5.37. The molecule has 0 aliphatic rings. The molecule has 0 N–H and O–H groups in total. The van der Waals surface area contributed by atoms with Crippen LogP contribution in [0, 0.1) is 13.8 Å². The van der Waals surface area contributed by atoms with Gasteiger partial charge in [-0.05, 0) is 19.9 Å². The highest BCUT2D eigenvalue weighted by atomic mass is 32.2. The van der Waals surface area contributed by atoms with Crippen LogP contribution in [-0.4, -0.2) is 21.9 Å². The van der Waals surface area contributed by atoms with Gasteiger partial charge in [0, 0.05) is 17.1 Å². The summed E-state index contributed by atoms with van der Waals surface area (Å²) in [7, 11) is 0. The Kier molecular flexibility index (Phi) is 3.96. The van der Waals surface area contributed by atoms with Crippen molar-refractivity contribution < 1.29 is 13.2 Å². The summed E-state index contributed by atoms with van der Waals surface area (Å²) in [6.07, 6.45) is -4.92. The van der Waals surface area contributed by atoms with Crippen LogP contribution in [0.5, 0.6) is 0 Å². The molecule has 0 atom stereocenters. The van der Waals surface area contributed by atoms with Gasteiger partial charge in [0.25, 0.3) is 0 Å². The number of hydrogen-bond donors (Lipinski definition) is 0. The number of halogens is 3. The second-order valence-corrected chi connectivity index (χ2v) is 4.21. The van der Waals surface area contributed by atoms with Crippen molar-refractivity contribution >= 4 is 11.8 Å². The van der Waals surface area contributed by atoms with E-state index in [9.17, 15) is 13.2 Å². The standard InChI is InChI=1S/C9H11F3N2S/c1-6-5-7(2)14-8(13-6)15-4-3-9(10,11)12/h5H,3-4H2,1-2H3. The van der Waals surface area contributed by atoms with Crippen LogP contribution < -0.4 is 0 Å². The predicted octanol–water partition coefficient (Wildman–Crippen LogP) is 3.14. The molecule has 1 aromatic heterocycles. The Bertz CT molecular complexity index is 318. The summed E-state index contributed by atoms with van der Waals surface area (Å²) in [6.45, 7) is 3.59. The van der Waals surface area contributed by atoms with E-state index >= 15 is 0 Å². The van der Waals surface area contributed by atoms with Crippen LogP contribution in [0.25, 0.3) is 0 Å². The second-order valence-electron chi connectivity index (χ2n) is 3.15. The first kappa shape index (κ1) is 12.3. The number of thioether (sulfide) groups is 1. The van der Waals surface area contributed by atoms with Crippen molar-refractivity contribution in [3.63, 3.8) is 0 Å². The number of nitrogens with zero attached hydrogens (tertiary/aromatic N) is 2. The SMILES string of the molecule is Cc1cc(C)nc(SCCC(F)(F)F)n1. The van der Waals surface area contributed by atoms with Gasteiger partial charge in [-0.15, -0.1) is 0 Å². The van der Waals surface area contributed by atoms with Crippen LogP contribution in [-0.2, 0) is 0 Å². The third kappa shape index (κ3) is 5.01. The van der Waals surface area contributed by atoms with Crippen LogP contribution in [0.15, 0.2) is 11.2 Å². The molecule has 0 aliphatic heterocycles. The molecular weight excluding hydrogens is 225 g/mol. The lowest BCUT2D eigenvalue weighted by Gasteiger charge is -2.05. The summed E-state index contributed by atoms with van der Waals surface area (Å²) < 4.78 is 35.6. The quantitative estimate of drug-likeness (QED) is 0.595. The predicted molar refractivity (Wildman–Crippen MR) is 52.9 cm³/mol. The minimum atomic E-state index is -4.11. The van der Waals surface area contributed by atoms with Crippen molar-refractivity contribution in [1.82, 2.24) is 9.97 Å². The lowest BCUT2D eigenvalue weighted by atomic mass is 10.4. The van der Waals surface area contributed by atoms with Crippen LogP contribution in [0.1, 0.15) is 17.8 Å². The number of alkyl halides is 3. The lowest BCUT2D eigenvalue weighted by molar-refractivity contribution is -0.129. The van der Waals surface area contributed by atoms with Crippen molar-refractivity contribution in [3.05, 3.63) is 17.5 Å². The fourth-order valence-electron chi connectivity index (χ4n) is 1.02. The van der Waals surface area contributed by atoms with Crippen molar-refractivity contribution in [2.24, 2.45) is 0 Å². The summed E-state index contributed by atoms with van der Waals surface area (Å²) in [5.74, 6) is -0.0353. The number of hydrogen-bond acceptors (Lipinski definition) is 3. The molecule has 0 radical (unpaired) electrons. The number of rotatable bonds is 3. The first-order valence-electron chi connectivity index (χ1n) is 4.39. The van der Waals surface area contributed by atoms with Crippen molar-refractivity contribution in [1.29, 1.82) is 0 Å². The Morgan fingerprint density at radius 2 is 1.73 bits per heavy atom. The summed E-state index contributed by atoms with van der Waals surface area (Å²) in [4.78, 5) is 8.08. The normalized spacial score (nSPS) is 11.8. The van der Waals surface area contributed by atoms with Crippen LogP contribution in [0.4, 0.5) is 13.2 Å². The van der Waals surface area contributed by atoms with Gasteiger partial charge in [-0.25, -0.2) is 9.97 Å². The topological polar surface area (TPSA) is 25.8 Å². The minimum absolute atomic E-state index is 0.0353. The molecule has 1 rings (SSSR count). The maximum Gasteiger partial charge on any atom is 0.389 e. The van der Waals surface area contributed by atoms with E-state index in [1.54, 1.807) is 19.9 Å². The highest BCUT2D eigenvalue weighted by Crippen LogP contribution is 2.24. The fourth-order valence-corrected chi connectivity index (χ4v) is 1.95. The van der Waals surface area contributed by atoms with E-state index in [2.05, 4.69) is 9.97 Å². The zero-order chi connectivity index (χ0) is 11.5. The van der Waals surface area contributed by atoms with Gasteiger partial charge in [0.05, 0.1) is 6.42 Å². The third-order valence-electron chi connectivity index (χ3n) is 1.58. The van der Waals surface area contributed by atoms with Gasteiger partial charge < -0.3 is 0 Å². The average molecular weight is 236 g/mol. The van der Waals surface area contributed by atoms with Gasteiger partial charge in [-0.3, -0.25) is 0 Å². The molecule has 1 aromatic rings. The Balaban J connectivity index is 2.51. The smallest absolute Gasteiger partial charge is 0.228 e. The maximum absolute atomic E-state index is 11.9. The van der Waals surface area contributed by atoms with Crippen molar-refractivity contribution in [3.8, 4) is 0 Å². The summed E-state index contributed by atoms with van der Waals surface area (Å²) in [6, 6.07) is 1.79. The highest BCUT2D eigenvalue weighted by molar-refractivity contribution is 7.99. The van der Waals surface area contributed by atoms with E-state index in [0.29, 0.717) is 5.16 Å². The number of aryl methyl sites for hydroxylation is 2. The molecule has 0 aromatic carbocycles. The molecule has 2 nitrogen and oxygen atoms in total. The molecule has 6 heteroatoms. The van der Waals surface area contributed by atoms with E-state index in [4.69, 9.17) is 0 Å². The molecule has 84 valence electrons. The molecule has 15 heavy (non-hydrogen) atoms. The van der Waals surface area contributed by atoms with Crippen LogP contribution in [0.2, 0.25) is 0 Å². The van der Waals surface area contributed by atoms with Gasteiger partial charge in [0.15, 0.2) is 5.16 Å². The molecule has 0 bridgehead atoms. The Labute approximate surface area is 90.3 Å². The average Bonchev–Trinajstić information content (AvgIpc) is 1.99. The highest BCUT2D eigenvalue weighted by Gasteiger charge is 2.26. The molecule has 0 aliphatic carbocycles. The largest absolute Gasteiger partial charge is 0.389 e. The molecular formula is C9H11F3N2S. The molecule has 0 spiro atoms. The van der Waals surface area contributed by atoms with Gasteiger partial charge in [0.1, 0.15) is 0 Å². The van der Waals surface area contributed by atoms with Gasteiger partial charge in [0.2, 0.25) is 0 Å². The zero-order valence-corrected chi connectivity index (χ0v) is 9.24. The Hall–Kier alpha value is -0.780. The summed E-state index contributed by atoms with van der Waals surface area (Å²) >= 11 is 1.03. The van der Waals surface area contributed by atoms with Crippen LogP contribution in [0.3, 0.4) is 0 Å². The fraction of sp³-hybridized carbons (Fsp3) is 0.556. The molecule has 0 fully saturated rings. The van der Waals surface area contributed by atoms with E-state index < -0.39 is 12.6 Å². The monoisotopic (exact) mass is 236 g/mol. The molecule has 0 unspecified atom stereocenters. The van der Waals surface area contributed by atoms with E-state index in [1.165, 1.54) is 0 Å². The van der Waals surface area contributed by atoms with Crippen molar-refractivity contribution in [2.75, 3.05) is 5.75 Å². The van der Waals surface area contributed by atoms with Crippen molar-refractivity contribution in [2.45, 2.75) is 31.6 Å². The van der Waals surface area contributed by atoms with E-state index in [-0.39, 0.29) is 5.75 Å². The zero-order valence-electron chi connectivity index (χ0n) is 8.43. The minimum Gasteiger partial charge on any atom is -0.228 e. The molecule has 0 saturated carbocycles. The first-order chi connectivity index (χ1) is 6.87. The summed E-state index contributed by atoms with van der Waals surface area (Å²) in [5.41, 5.74) is 1.55.